The highest BCUT2D eigenvalue weighted by atomic mass is 16.5. The highest BCUT2D eigenvalue weighted by Crippen LogP contribution is 2.21. The normalized spacial score (nSPS) is 10.4. The molecule has 1 rings (SSSR count). The van der Waals surface area contributed by atoms with E-state index in [1.807, 2.05) is 13.1 Å². The molecule has 1 aromatic carbocycles. The van der Waals surface area contributed by atoms with Crippen LogP contribution >= 0.6 is 0 Å². The molecular weight excluding hydrogens is 224 g/mol. The Kier molecular flexibility index (Phi) is 7.26. The molecule has 0 amide bonds. The van der Waals surface area contributed by atoms with E-state index in [-0.39, 0.29) is 0 Å². The van der Waals surface area contributed by atoms with Gasteiger partial charge in [0.05, 0.1) is 6.61 Å². The van der Waals surface area contributed by atoms with Crippen LogP contribution in [-0.2, 0) is 0 Å². The van der Waals surface area contributed by atoms with Crippen LogP contribution < -0.4 is 15.0 Å². The van der Waals surface area contributed by atoms with Crippen molar-refractivity contribution in [2.75, 3.05) is 38.2 Å². The largest absolute Gasteiger partial charge is 0.494 e. The lowest BCUT2D eigenvalue weighted by Crippen LogP contribution is -2.21. The van der Waals surface area contributed by atoms with Crippen LogP contribution in [0.3, 0.4) is 0 Å². The van der Waals surface area contributed by atoms with Crippen molar-refractivity contribution in [3.8, 4) is 5.75 Å². The van der Waals surface area contributed by atoms with Crippen LogP contribution in [0.25, 0.3) is 0 Å². The molecule has 0 unspecified atom stereocenters. The molecule has 0 bridgehead atoms. The molecule has 0 aliphatic carbocycles. The SMILES string of the molecule is CCN(CC)c1cccc(OCCCCNC)c1. The summed E-state index contributed by atoms with van der Waals surface area (Å²) in [6.07, 6.45) is 2.25. The number of nitrogens with zero attached hydrogens (tertiary/aromatic N) is 1. The molecule has 0 spiro atoms. The number of unbranched alkanes of at least 4 members (excludes halogenated alkanes) is 1. The van der Waals surface area contributed by atoms with Crippen molar-refractivity contribution in [2.24, 2.45) is 0 Å². The molecule has 3 nitrogen and oxygen atoms in total. The molecule has 0 saturated heterocycles. The Morgan fingerprint density at radius 3 is 2.61 bits per heavy atom. The predicted octanol–water partition coefficient (Wildman–Crippen LogP) is 2.91. The Bertz CT molecular complexity index is 324. The summed E-state index contributed by atoms with van der Waals surface area (Å²) in [6.45, 7) is 8.26. The van der Waals surface area contributed by atoms with Crippen molar-refractivity contribution in [1.29, 1.82) is 0 Å². The highest BCUT2D eigenvalue weighted by molar-refractivity contribution is 5.50. The van der Waals surface area contributed by atoms with Crippen LogP contribution in [0.1, 0.15) is 26.7 Å². The smallest absolute Gasteiger partial charge is 0.121 e. The first-order valence-corrected chi connectivity index (χ1v) is 6.94. The van der Waals surface area contributed by atoms with Crippen molar-refractivity contribution in [3.05, 3.63) is 24.3 Å². The third-order valence-corrected chi connectivity index (χ3v) is 3.04. The summed E-state index contributed by atoms with van der Waals surface area (Å²) >= 11 is 0. The van der Waals surface area contributed by atoms with Gasteiger partial charge in [-0.05, 0) is 52.4 Å². The van der Waals surface area contributed by atoms with Gasteiger partial charge in [0.2, 0.25) is 0 Å². The summed E-state index contributed by atoms with van der Waals surface area (Å²) in [6, 6.07) is 8.37. The van der Waals surface area contributed by atoms with Crippen molar-refractivity contribution in [1.82, 2.24) is 5.32 Å². The van der Waals surface area contributed by atoms with E-state index < -0.39 is 0 Å². The van der Waals surface area contributed by atoms with Crippen molar-refractivity contribution >= 4 is 5.69 Å². The van der Waals surface area contributed by atoms with Gasteiger partial charge >= 0.3 is 0 Å². The van der Waals surface area contributed by atoms with Gasteiger partial charge in [-0.15, -0.1) is 0 Å². The van der Waals surface area contributed by atoms with Gasteiger partial charge in [0.1, 0.15) is 5.75 Å². The van der Waals surface area contributed by atoms with Gasteiger partial charge in [0, 0.05) is 24.8 Å². The zero-order valence-corrected chi connectivity index (χ0v) is 11.9. The summed E-state index contributed by atoms with van der Waals surface area (Å²) in [4.78, 5) is 2.33. The molecule has 1 N–H and O–H groups in total. The van der Waals surface area contributed by atoms with E-state index in [1.165, 1.54) is 5.69 Å². The van der Waals surface area contributed by atoms with Gasteiger partial charge in [-0.1, -0.05) is 6.07 Å². The average Bonchev–Trinajstić information content (AvgIpc) is 2.40. The Balaban J connectivity index is 2.44. The van der Waals surface area contributed by atoms with Gasteiger partial charge < -0.3 is 15.0 Å². The van der Waals surface area contributed by atoms with E-state index in [9.17, 15) is 0 Å². The summed E-state index contributed by atoms with van der Waals surface area (Å²) in [5, 5.41) is 3.14. The lowest BCUT2D eigenvalue weighted by atomic mass is 10.2. The number of nitrogens with one attached hydrogen (secondary N) is 1. The maximum Gasteiger partial charge on any atom is 0.121 e. The van der Waals surface area contributed by atoms with Crippen molar-refractivity contribution < 1.29 is 4.74 Å². The van der Waals surface area contributed by atoms with E-state index in [2.05, 4.69) is 42.3 Å². The summed E-state index contributed by atoms with van der Waals surface area (Å²) < 4.78 is 5.78. The van der Waals surface area contributed by atoms with E-state index in [1.54, 1.807) is 0 Å². The summed E-state index contributed by atoms with van der Waals surface area (Å²) in [7, 11) is 1.98. The number of benzene rings is 1. The number of hydrogen-bond donors (Lipinski definition) is 1. The molecule has 0 atom stereocenters. The second kappa shape index (κ2) is 8.81. The summed E-state index contributed by atoms with van der Waals surface area (Å²) in [5.74, 6) is 0.976. The fourth-order valence-electron chi connectivity index (χ4n) is 1.95. The van der Waals surface area contributed by atoms with E-state index in [0.29, 0.717) is 0 Å². The standard InChI is InChI=1S/C15H26N2O/c1-4-17(5-2)14-9-8-10-15(13-14)18-12-7-6-11-16-3/h8-10,13,16H,4-7,11-12H2,1-3H3. The van der Waals surface area contributed by atoms with Crippen molar-refractivity contribution in [2.45, 2.75) is 26.7 Å². The highest BCUT2D eigenvalue weighted by Gasteiger charge is 2.02. The van der Waals surface area contributed by atoms with Crippen molar-refractivity contribution in [3.63, 3.8) is 0 Å². The number of anilines is 1. The zero-order chi connectivity index (χ0) is 13.2. The fourth-order valence-corrected chi connectivity index (χ4v) is 1.95. The van der Waals surface area contributed by atoms with Crippen LogP contribution in [0.15, 0.2) is 24.3 Å². The van der Waals surface area contributed by atoms with E-state index in [0.717, 1.165) is 44.8 Å². The minimum absolute atomic E-state index is 0.795. The third kappa shape index (κ3) is 4.96. The molecule has 18 heavy (non-hydrogen) atoms. The lowest BCUT2D eigenvalue weighted by molar-refractivity contribution is 0.306. The minimum atomic E-state index is 0.795. The van der Waals surface area contributed by atoms with Gasteiger partial charge in [-0.3, -0.25) is 0 Å². The van der Waals surface area contributed by atoms with Crippen LogP contribution in [0.5, 0.6) is 5.75 Å². The maximum atomic E-state index is 5.78. The molecule has 0 heterocycles. The van der Waals surface area contributed by atoms with Gasteiger partial charge in [0.15, 0.2) is 0 Å². The van der Waals surface area contributed by atoms with Gasteiger partial charge in [-0.25, -0.2) is 0 Å². The van der Waals surface area contributed by atoms with Gasteiger partial charge in [0.25, 0.3) is 0 Å². The predicted molar refractivity (Wildman–Crippen MR) is 78.7 cm³/mol. The maximum absolute atomic E-state index is 5.78. The first kappa shape index (κ1) is 14.8. The summed E-state index contributed by atoms with van der Waals surface area (Å²) in [5.41, 5.74) is 1.24. The molecule has 0 saturated carbocycles. The first-order chi connectivity index (χ1) is 8.81. The molecule has 0 aliphatic rings. The lowest BCUT2D eigenvalue weighted by Gasteiger charge is -2.21. The monoisotopic (exact) mass is 250 g/mol. The molecule has 0 fully saturated rings. The van der Waals surface area contributed by atoms with E-state index in [4.69, 9.17) is 4.74 Å². The molecule has 0 aromatic heterocycles. The quantitative estimate of drug-likeness (QED) is 0.682. The molecule has 102 valence electrons. The average molecular weight is 250 g/mol. The Morgan fingerprint density at radius 2 is 1.94 bits per heavy atom. The molecule has 1 aromatic rings. The molecular formula is C15H26N2O. The number of ether oxygens (including phenoxy) is 1. The topological polar surface area (TPSA) is 24.5 Å². The Labute approximate surface area is 111 Å². The Morgan fingerprint density at radius 1 is 1.17 bits per heavy atom. The first-order valence-electron chi connectivity index (χ1n) is 6.94. The van der Waals surface area contributed by atoms with Crippen LogP contribution in [-0.4, -0.2) is 33.3 Å². The number of rotatable bonds is 9. The fraction of sp³-hybridized carbons (Fsp3) is 0.600. The third-order valence-electron chi connectivity index (χ3n) is 3.04. The minimum Gasteiger partial charge on any atom is -0.494 e. The number of hydrogen-bond acceptors (Lipinski definition) is 3. The second-order valence-corrected chi connectivity index (χ2v) is 4.33. The van der Waals surface area contributed by atoms with Crippen LogP contribution in [0.4, 0.5) is 5.69 Å². The van der Waals surface area contributed by atoms with E-state index >= 15 is 0 Å². The van der Waals surface area contributed by atoms with Crippen LogP contribution in [0, 0.1) is 0 Å². The molecule has 0 aliphatic heterocycles. The van der Waals surface area contributed by atoms with Gasteiger partial charge in [-0.2, -0.15) is 0 Å². The van der Waals surface area contributed by atoms with Crippen LogP contribution in [0.2, 0.25) is 0 Å². The Hall–Kier alpha value is -1.22. The molecule has 0 radical (unpaired) electrons. The zero-order valence-electron chi connectivity index (χ0n) is 11.9. The molecule has 3 heteroatoms. The second-order valence-electron chi connectivity index (χ2n) is 4.33.